The van der Waals surface area contributed by atoms with Crippen molar-refractivity contribution in [2.45, 2.75) is 44.4 Å². The van der Waals surface area contributed by atoms with Gasteiger partial charge in [-0.25, -0.2) is 4.98 Å². The largest absolute Gasteiger partial charge is 0.379 e. The third-order valence-electron chi connectivity index (χ3n) is 4.43. The topological polar surface area (TPSA) is 85.1 Å². The summed E-state index contributed by atoms with van der Waals surface area (Å²) in [6.45, 7) is 2.06. The first-order chi connectivity index (χ1) is 11.7. The average Bonchev–Trinajstić information content (AvgIpc) is 2.57. The van der Waals surface area contributed by atoms with Crippen molar-refractivity contribution >= 4 is 17.5 Å². The number of hydrogen-bond donors (Lipinski definition) is 3. The fourth-order valence-electron chi connectivity index (χ4n) is 3.17. The minimum absolute atomic E-state index is 0.0259. The zero-order valence-electron chi connectivity index (χ0n) is 14.2. The molecule has 4 N–H and O–H groups in total. The molecule has 0 bridgehead atoms. The highest BCUT2D eigenvalue weighted by molar-refractivity contribution is 5.57. The van der Waals surface area contributed by atoms with Crippen molar-refractivity contribution in [1.82, 2.24) is 9.97 Å². The van der Waals surface area contributed by atoms with Gasteiger partial charge in [-0.1, -0.05) is 12.1 Å². The molecule has 1 aromatic heterocycles. The number of nitrogens with two attached hydrogens (primary N) is 1. The second-order valence-corrected chi connectivity index (χ2v) is 6.30. The Morgan fingerprint density at radius 3 is 2.92 bits per heavy atom. The monoisotopic (exact) mass is 327 g/mol. The minimum atomic E-state index is 0.0259. The van der Waals surface area contributed by atoms with Gasteiger partial charge in [-0.2, -0.15) is 4.98 Å². The molecule has 1 saturated carbocycles. The number of nitrogens with one attached hydrogen (secondary N) is 2. The number of methoxy groups -OCH3 is 1. The first kappa shape index (κ1) is 16.7. The summed E-state index contributed by atoms with van der Waals surface area (Å²) in [4.78, 5) is 8.87. The van der Waals surface area contributed by atoms with E-state index in [1.54, 1.807) is 13.3 Å². The summed E-state index contributed by atoms with van der Waals surface area (Å²) >= 11 is 0. The van der Waals surface area contributed by atoms with E-state index < -0.39 is 0 Å². The molecule has 0 saturated heterocycles. The van der Waals surface area contributed by atoms with Gasteiger partial charge in [0.2, 0.25) is 5.95 Å². The number of aryl methyl sites for hydroxylation is 1. The maximum absolute atomic E-state index is 6.26. The van der Waals surface area contributed by atoms with Crippen molar-refractivity contribution in [3.63, 3.8) is 0 Å². The highest BCUT2D eigenvalue weighted by Gasteiger charge is 2.31. The molecular formula is C18H25N5O. The lowest BCUT2D eigenvalue weighted by molar-refractivity contribution is 0.0533. The molecule has 1 aliphatic rings. The predicted molar refractivity (Wildman–Crippen MR) is 96.5 cm³/mol. The Kier molecular flexibility index (Phi) is 5.27. The van der Waals surface area contributed by atoms with E-state index >= 15 is 0 Å². The lowest BCUT2D eigenvalue weighted by atomic mass is 9.88. The number of aromatic nitrogens is 2. The standard InChI is InChI=1S/C18H25N5O/c1-12-5-3-6-13(11-12)21-16-9-10-20-18(22-16)23-17-14(19)7-4-8-15(17)24-2/h3,5-6,9-11,14-15,17H,4,7-8,19H2,1-2H3,(H2,20,21,22,23)/t14-,15+,17-/m0/s1. The highest BCUT2D eigenvalue weighted by Crippen LogP contribution is 2.23. The molecule has 1 aromatic carbocycles. The third-order valence-corrected chi connectivity index (χ3v) is 4.43. The predicted octanol–water partition coefficient (Wildman–Crippen LogP) is 2.84. The molecule has 0 radical (unpaired) electrons. The Bertz CT molecular complexity index is 678. The van der Waals surface area contributed by atoms with Crippen molar-refractivity contribution in [3.05, 3.63) is 42.1 Å². The zero-order chi connectivity index (χ0) is 16.9. The van der Waals surface area contributed by atoms with E-state index in [4.69, 9.17) is 10.5 Å². The first-order valence-electron chi connectivity index (χ1n) is 8.37. The minimum Gasteiger partial charge on any atom is -0.379 e. The number of rotatable bonds is 5. The molecule has 128 valence electrons. The van der Waals surface area contributed by atoms with E-state index in [0.29, 0.717) is 5.95 Å². The summed E-state index contributed by atoms with van der Waals surface area (Å²) in [5, 5.41) is 6.66. The van der Waals surface area contributed by atoms with Crippen LogP contribution >= 0.6 is 0 Å². The molecule has 24 heavy (non-hydrogen) atoms. The van der Waals surface area contributed by atoms with E-state index in [-0.39, 0.29) is 18.2 Å². The van der Waals surface area contributed by atoms with Gasteiger partial charge in [0, 0.05) is 25.0 Å². The van der Waals surface area contributed by atoms with Gasteiger partial charge in [-0.15, -0.1) is 0 Å². The maximum Gasteiger partial charge on any atom is 0.224 e. The van der Waals surface area contributed by atoms with Gasteiger partial charge in [0.05, 0.1) is 12.1 Å². The van der Waals surface area contributed by atoms with Gasteiger partial charge in [0.1, 0.15) is 5.82 Å². The number of nitrogens with zero attached hydrogens (tertiary/aromatic N) is 2. The van der Waals surface area contributed by atoms with Gasteiger partial charge in [0.15, 0.2) is 0 Å². The highest BCUT2D eigenvalue weighted by atomic mass is 16.5. The smallest absolute Gasteiger partial charge is 0.224 e. The van der Waals surface area contributed by atoms with Crippen molar-refractivity contribution in [3.8, 4) is 0 Å². The van der Waals surface area contributed by atoms with E-state index in [0.717, 1.165) is 30.8 Å². The quantitative estimate of drug-likeness (QED) is 0.783. The fraction of sp³-hybridized carbons (Fsp3) is 0.444. The molecule has 0 aliphatic heterocycles. The molecule has 0 spiro atoms. The van der Waals surface area contributed by atoms with E-state index in [1.807, 2.05) is 18.2 Å². The number of benzene rings is 1. The van der Waals surface area contributed by atoms with Crippen molar-refractivity contribution < 1.29 is 4.74 Å². The van der Waals surface area contributed by atoms with Gasteiger partial charge in [-0.05, 0) is 49.9 Å². The summed E-state index contributed by atoms with van der Waals surface area (Å²) in [6, 6.07) is 10.1. The van der Waals surface area contributed by atoms with Crippen LogP contribution in [-0.4, -0.2) is 35.3 Å². The fourth-order valence-corrected chi connectivity index (χ4v) is 3.17. The SMILES string of the molecule is CO[C@@H]1CCC[C@H](N)[C@@H]1Nc1nccc(Nc2cccc(C)c2)n1. The van der Waals surface area contributed by atoms with E-state index in [1.165, 1.54) is 5.56 Å². The van der Waals surface area contributed by atoms with Crippen LogP contribution in [0.15, 0.2) is 36.5 Å². The summed E-state index contributed by atoms with van der Waals surface area (Å²) < 4.78 is 5.57. The number of ether oxygens (including phenoxy) is 1. The van der Waals surface area contributed by atoms with Crippen molar-refractivity contribution in [2.75, 3.05) is 17.7 Å². The molecular weight excluding hydrogens is 302 g/mol. The number of anilines is 3. The van der Waals surface area contributed by atoms with Gasteiger partial charge >= 0.3 is 0 Å². The van der Waals surface area contributed by atoms with E-state index in [9.17, 15) is 0 Å². The Hall–Kier alpha value is -2.18. The normalized spacial score (nSPS) is 23.7. The molecule has 0 unspecified atom stereocenters. The Morgan fingerprint density at radius 2 is 2.12 bits per heavy atom. The van der Waals surface area contributed by atoms with Gasteiger partial charge < -0.3 is 21.1 Å². The van der Waals surface area contributed by atoms with Crippen molar-refractivity contribution in [1.29, 1.82) is 0 Å². The first-order valence-corrected chi connectivity index (χ1v) is 8.37. The lowest BCUT2D eigenvalue weighted by Crippen LogP contribution is -2.51. The summed E-state index contributed by atoms with van der Waals surface area (Å²) in [5.74, 6) is 1.31. The van der Waals surface area contributed by atoms with Crippen LogP contribution in [0.3, 0.4) is 0 Å². The summed E-state index contributed by atoms with van der Waals surface area (Å²) in [5.41, 5.74) is 8.46. The molecule has 3 atom stereocenters. The maximum atomic E-state index is 6.26. The van der Waals surface area contributed by atoms with E-state index in [2.05, 4.69) is 39.7 Å². The van der Waals surface area contributed by atoms with Crippen LogP contribution in [-0.2, 0) is 4.74 Å². The van der Waals surface area contributed by atoms with Crippen LogP contribution in [0, 0.1) is 6.92 Å². The van der Waals surface area contributed by atoms with Crippen molar-refractivity contribution in [2.24, 2.45) is 5.73 Å². The Morgan fingerprint density at radius 1 is 1.25 bits per heavy atom. The van der Waals surface area contributed by atoms with Gasteiger partial charge in [0.25, 0.3) is 0 Å². The average molecular weight is 327 g/mol. The second-order valence-electron chi connectivity index (χ2n) is 6.30. The molecule has 3 rings (SSSR count). The van der Waals surface area contributed by atoms with Gasteiger partial charge in [-0.3, -0.25) is 0 Å². The molecule has 2 aromatic rings. The lowest BCUT2D eigenvalue weighted by Gasteiger charge is -2.35. The van der Waals surface area contributed by atoms with Crippen LogP contribution in [0.5, 0.6) is 0 Å². The Balaban J connectivity index is 1.72. The molecule has 6 nitrogen and oxygen atoms in total. The van der Waals surface area contributed by atoms with Crippen LogP contribution in [0.2, 0.25) is 0 Å². The molecule has 1 fully saturated rings. The second kappa shape index (κ2) is 7.59. The Labute approximate surface area is 142 Å². The molecule has 1 heterocycles. The van der Waals surface area contributed by atoms with Crippen LogP contribution in [0.4, 0.5) is 17.5 Å². The summed E-state index contributed by atoms with van der Waals surface area (Å²) in [6.07, 6.45) is 4.91. The van der Waals surface area contributed by atoms with Crippen LogP contribution in [0.1, 0.15) is 24.8 Å². The molecule has 1 aliphatic carbocycles. The summed E-state index contributed by atoms with van der Waals surface area (Å²) in [7, 11) is 1.73. The molecule has 0 amide bonds. The molecule has 6 heteroatoms. The van der Waals surface area contributed by atoms with Crippen LogP contribution < -0.4 is 16.4 Å². The zero-order valence-corrected chi connectivity index (χ0v) is 14.2. The third kappa shape index (κ3) is 4.01. The number of hydrogen-bond acceptors (Lipinski definition) is 6. The van der Waals surface area contributed by atoms with Crippen LogP contribution in [0.25, 0.3) is 0 Å².